The Morgan fingerprint density at radius 2 is 1.76 bits per heavy atom. The lowest BCUT2D eigenvalue weighted by Crippen LogP contribution is -2.16. The molecule has 0 bridgehead atoms. The zero-order valence-electron chi connectivity index (χ0n) is 17.1. The number of nitrogens with one attached hydrogen (secondary N) is 2. The number of nitrogens with two attached hydrogens (primary N) is 1. The maximum absolute atomic E-state index is 13.1. The number of alkyl halides is 3. The first-order valence-electron chi connectivity index (χ1n) is 9.76. The number of rotatable bonds is 7. The molecule has 4 N–H and O–H groups in total. The Morgan fingerprint density at radius 1 is 0.970 bits per heavy atom. The van der Waals surface area contributed by atoms with Gasteiger partial charge in [-0.3, -0.25) is 14.6 Å². The molecule has 3 rings (SSSR count). The Bertz CT molecular complexity index is 1130. The van der Waals surface area contributed by atoms with Crippen LogP contribution in [0.5, 0.6) is 0 Å². The van der Waals surface area contributed by atoms with Crippen molar-refractivity contribution >= 4 is 28.9 Å². The normalized spacial score (nSPS) is 11.2. The number of aryl methyl sites for hydroxylation is 1. The summed E-state index contributed by atoms with van der Waals surface area (Å²) in [6, 6.07) is 8.70. The molecule has 0 unspecified atom stereocenters. The third-order valence-electron chi connectivity index (χ3n) is 4.53. The lowest BCUT2D eigenvalue weighted by atomic mass is 10.1. The molecule has 2 aromatic heterocycles. The first-order chi connectivity index (χ1) is 15.6. The summed E-state index contributed by atoms with van der Waals surface area (Å²) in [5, 5.41) is 5.15. The van der Waals surface area contributed by atoms with Gasteiger partial charge in [0.25, 0.3) is 5.91 Å². The zero-order valence-corrected chi connectivity index (χ0v) is 17.1. The number of anilines is 3. The van der Waals surface area contributed by atoms with Crippen LogP contribution in [-0.2, 0) is 17.4 Å². The lowest BCUT2D eigenvalue weighted by molar-refractivity contribution is -0.141. The zero-order chi connectivity index (χ0) is 24.0. The van der Waals surface area contributed by atoms with Gasteiger partial charge in [0, 0.05) is 12.6 Å². The van der Waals surface area contributed by atoms with E-state index >= 15 is 0 Å². The predicted molar refractivity (Wildman–Crippen MR) is 114 cm³/mol. The van der Waals surface area contributed by atoms with Crippen molar-refractivity contribution in [3.05, 3.63) is 77.6 Å². The third-order valence-corrected chi connectivity index (χ3v) is 4.53. The SMILES string of the molecule is Nc1cc(F)ccc1NC(=O)c1ccc(NC(=O)CCCc2ccc(C(F)(F)F)nc2)cn1. The molecule has 3 aromatic rings. The average molecular weight is 461 g/mol. The summed E-state index contributed by atoms with van der Waals surface area (Å²) in [7, 11) is 0. The highest BCUT2D eigenvalue weighted by molar-refractivity contribution is 6.04. The molecule has 2 heterocycles. The van der Waals surface area contributed by atoms with Crippen LogP contribution in [0.1, 0.15) is 34.6 Å². The first-order valence-corrected chi connectivity index (χ1v) is 9.76. The number of benzene rings is 1. The minimum atomic E-state index is -4.49. The van der Waals surface area contributed by atoms with E-state index in [1.807, 2.05) is 0 Å². The second kappa shape index (κ2) is 10.1. The maximum Gasteiger partial charge on any atom is 0.433 e. The first kappa shape index (κ1) is 23.6. The minimum absolute atomic E-state index is 0.0616. The molecule has 0 spiro atoms. The number of aromatic nitrogens is 2. The molecule has 11 heteroatoms. The molecular formula is C22H19F4N5O2. The van der Waals surface area contributed by atoms with E-state index in [-0.39, 0.29) is 29.4 Å². The topological polar surface area (TPSA) is 110 Å². The number of carbonyl (C=O) groups excluding carboxylic acids is 2. The molecule has 0 aliphatic rings. The van der Waals surface area contributed by atoms with E-state index < -0.39 is 23.6 Å². The van der Waals surface area contributed by atoms with Gasteiger partial charge in [0.15, 0.2) is 0 Å². The van der Waals surface area contributed by atoms with Crippen LogP contribution < -0.4 is 16.4 Å². The number of nitrogens with zero attached hydrogens (tertiary/aromatic N) is 2. The van der Waals surface area contributed by atoms with E-state index in [2.05, 4.69) is 20.6 Å². The summed E-state index contributed by atoms with van der Waals surface area (Å²) in [5.74, 6) is -1.40. The van der Waals surface area contributed by atoms with Crippen molar-refractivity contribution in [2.24, 2.45) is 0 Å². The largest absolute Gasteiger partial charge is 0.433 e. The van der Waals surface area contributed by atoms with Gasteiger partial charge in [0.1, 0.15) is 17.2 Å². The highest BCUT2D eigenvalue weighted by Crippen LogP contribution is 2.27. The van der Waals surface area contributed by atoms with Crippen LogP contribution in [0.2, 0.25) is 0 Å². The second-order valence-electron chi connectivity index (χ2n) is 7.07. The number of hydrogen-bond donors (Lipinski definition) is 3. The molecule has 7 nitrogen and oxygen atoms in total. The van der Waals surface area contributed by atoms with Gasteiger partial charge in [-0.05, 0) is 54.8 Å². The molecule has 0 fully saturated rings. The van der Waals surface area contributed by atoms with Crippen molar-refractivity contribution in [1.29, 1.82) is 0 Å². The third kappa shape index (κ3) is 6.73. The molecule has 2 amide bonds. The van der Waals surface area contributed by atoms with Crippen molar-refractivity contribution in [2.75, 3.05) is 16.4 Å². The number of carbonyl (C=O) groups is 2. The van der Waals surface area contributed by atoms with Gasteiger partial charge in [-0.2, -0.15) is 13.2 Å². The van der Waals surface area contributed by atoms with Crippen LogP contribution >= 0.6 is 0 Å². The highest BCUT2D eigenvalue weighted by Gasteiger charge is 2.31. The Kier molecular flexibility index (Phi) is 7.21. The summed E-state index contributed by atoms with van der Waals surface area (Å²) in [4.78, 5) is 31.7. The Balaban J connectivity index is 1.47. The van der Waals surface area contributed by atoms with Crippen LogP contribution in [0.3, 0.4) is 0 Å². The average Bonchev–Trinajstić information content (AvgIpc) is 2.76. The van der Waals surface area contributed by atoms with Crippen LogP contribution in [0.25, 0.3) is 0 Å². The van der Waals surface area contributed by atoms with E-state index in [0.717, 1.165) is 24.4 Å². The van der Waals surface area contributed by atoms with Crippen molar-refractivity contribution in [3.63, 3.8) is 0 Å². The predicted octanol–water partition coefficient (Wildman–Crippen LogP) is 4.43. The van der Waals surface area contributed by atoms with E-state index in [1.165, 1.54) is 30.5 Å². The van der Waals surface area contributed by atoms with Crippen molar-refractivity contribution in [3.8, 4) is 0 Å². The lowest BCUT2D eigenvalue weighted by Gasteiger charge is -2.09. The fourth-order valence-electron chi connectivity index (χ4n) is 2.85. The molecule has 0 radical (unpaired) electrons. The van der Waals surface area contributed by atoms with Gasteiger partial charge in [-0.25, -0.2) is 9.37 Å². The fraction of sp³-hybridized carbons (Fsp3) is 0.182. The van der Waals surface area contributed by atoms with Gasteiger partial charge >= 0.3 is 6.18 Å². The molecular weight excluding hydrogens is 442 g/mol. The number of pyridine rings is 2. The summed E-state index contributed by atoms with van der Waals surface area (Å²) in [6.45, 7) is 0. The Labute approximate surface area is 186 Å². The maximum atomic E-state index is 13.1. The monoisotopic (exact) mass is 461 g/mol. The van der Waals surface area contributed by atoms with Gasteiger partial charge in [0.2, 0.25) is 5.91 Å². The van der Waals surface area contributed by atoms with E-state index in [0.29, 0.717) is 24.1 Å². The second-order valence-corrected chi connectivity index (χ2v) is 7.07. The Morgan fingerprint density at radius 3 is 2.36 bits per heavy atom. The molecule has 0 saturated heterocycles. The molecule has 1 aromatic carbocycles. The van der Waals surface area contributed by atoms with Crippen molar-refractivity contribution in [1.82, 2.24) is 9.97 Å². The number of halogens is 4. The molecule has 33 heavy (non-hydrogen) atoms. The van der Waals surface area contributed by atoms with Gasteiger partial charge in [-0.1, -0.05) is 6.07 Å². The number of nitrogen functional groups attached to an aromatic ring is 1. The van der Waals surface area contributed by atoms with Crippen LogP contribution in [0, 0.1) is 5.82 Å². The summed E-state index contributed by atoms with van der Waals surface area (Å²) in [6.07, 6.45) is -1.10. The molecule has 0 atom stereocenters. The van der Waals surface area contributed by atoms with Crippen LogP contribution in [0.4, 0.5) is 34.6 Å². The van der Waals surface area contributed by atoms with Crippen molar-refractivity contribution < 1.29 is 27.2 Å². The highest BCUT2D eigenvalue weighted by atomic mass is 19.4. The van der Waals surface area contributed by atoms with E-state index in [4.69, 9.17) is 5.73 Å². The molecule has 0 saturated carbocycles. The van der Waals surface area contributed by atoms with Gasteiger partial charge in [-0.15, -0.1) is 0 Å². The standard InChI is InChI=1S/C22H19F4N5O2/c23-14-5-7-17(16(27)10-14)31-21(33)18-8-6-15(12-28-18)30-20(32)3-1-2-13-4-9-19(29-11-13)22(24,25)26/h4-12H,1-3,27H2,(H,30,32)(H,31,33). The van der Waals surface area contributed by atoms with Gasteiger partial charge < -0.3 is 16.4 Å². The van der Waals surface area contributed by atoms with Gasteiger partial charge in [0.05, 0.1) is 23.3 Å². The molecule has 172 valence electrons. The molecule has 0 aliphatic heterocycles. The summed E-state index contributed by atoms with van der Waals surface area (Å²) < 4.78 is 50.7. The van der Waals surface area contributed by atoms with Crippen LogP contribution in [-0.4, -0.2) is 21.8 Å². The summed E-state index contributed by atoms with van der Waals surface area (Å²) >= 11 is 0. The number of amides is 2. The smallest absolute Gasteiger partial charge is 0.397 e. The Hall–Kier alpha value is -4.02. The van der Waals surface area contributed by atoms with Crippen molar-refractivity contribution in [2.45, 2.75) is 25.4 Å². The quantitative estimate of drug-likeness (QED) is 0.356. The summed E-state index contributed by atoms with van der Waals surface area (Å²) in [5.41, 5.74) is 6.02. The minimum Gasteiger partial charge on any atom is -0.397 e. The fourth-order valence-corrected chi connectivity index (χ4v) is 2.85. The molecule has 0 aliphatic carbocycles. The van der Waals surface area contributed by atoms with E-state index in [1.54, 1.807) is 0 Å². The van der Waals surface area contributed by atoms with Crippen LogP contribution in [0.15, 0.2) is 54.9 Å². The number of hydrogen-bond acceptors (Lipinski definition) is 5. The van der Waals surface area contributed by atoms with E-state index in [9.17, 15) is 27.2 Å².